The predicted octanol–water partition coefficient (Wildman–Crippen LogP) is 1.13. The second-order valence-electron chi connectivity index (χ2n) is 5.10. The van der Waals surface area contributed by atoms with Crippen molar-refractivity contribution in [3.8, 4) is 0 Å². The molecule has 1 aromatic rings. The second-order valence-corrected chi connectivity index (χ2v) is 6.75. The maximum atomic E-state index is 12.3. The molecule has 3 N–H and O–H groups in total. The Labute approximate surface area is 113 Å². The molecule has 0 unspecified atom stereocenters. The third-order valence-electron chi connectivity index (χ3n) is 2.14. The lowest BCUT2D eigenvalue weighted by Crippen LogP contribution is -2.41. The number of rotatable bonds is 3. The van der Waals surface area contributed by atoms with Crippen molar-refractivity contribution in [2.45, 2.75) is 31.2 Å². The first-order chi connectivity index (χ1) is 8.57. The minimum Gasteiger partial charge on any atom is -0.465 e. The standard InChI is InChI=1S/C12H18N2O4S/c1-12(2,3)14-19(16,17)10-7-8(13)5-6-9(10)11(15)18-4/h5-7,14H,13H2,1-4H3. The van der Waals surface area contributed by atoms with Crippen molar-refractivity contribution in [2.75, 3.05) is 12.8 Å². The molecule has 0 fully saturated rings. The van der Waals surface area contributed by atoms with Gasteiger partial charge in [-0.05, 0) is 39.0 Å². The van der Waals surface area contributed by atoms with E-state index in [1.807, 2.05) is 0 Å². The molecule has 0 aliphatic heterocycles. The molecule has 0 bridgehead atoms. The molecule has 19 heavy (non-hydrogen) atoms. The number of nitrogens with two attached hydrogens (primary N) is 1. The number of nitrogens with one attached hydrogen (secondary N) is 1. The third-order valence-corrected chi connectivity index (χ3v) is 3.94. The minimum atomic E-state index is -3.86. The smallest absolute Gasteiger partial charge is 0.339 e. The van der Waals surface area contributed by atoms with E-state index in [1.54, 1.807) is 20.8 Å². The molecule has 0 aromatic heterocycles. The SMILES string of the molecule is COC(=O)c1ccc(N)cc1S(=O)(=O)NC(C)(C)C. The van der Waals surface area contributed by atoms with E-state index < -0.39 is 21.5 Å². The number of hydrogen-bond acceptors (Lipinski definition) is 5. The van der Waals surface area contributed by atoms with Gasteiger partial charge < -0.3 is 10.5 Å². The number of carbonyl (C=O) groups is 1. The summed E-state index contributed by atoms with van der Waals surface area (Å²) in [5.41, 5.74) is 5.12. The van der Waals surface area contributed by atoms with Crippen LogP contribution in [0.4, 0.5) is 5.69 Å². The number of nitrogen functional groups attached to an aromatic ring is 1. The van der Waals surface area contributed by atoms with Gasteiger partial charge in [0.2, 0.25) is 10.0 Å². The summed E-state index contributed by atoms with van der Waals surface area (Å²) in [6.07, 6.45) is 0. The first-order valence-electron chi connectivity index (χ1n) is 5.58. The number of sulfonamides is 1. The van der Waals surface area contributed by atoms with Gasteiger partial charge in [-0.2, -0.15) is 0 Å². The van der Waals surface area contributed by atoms with Crippen molar-refractivity contribution >= 4 is 21.7 Å². The lowest BCUT2D eigenvalue weighted by molar-refractivity contribution is 0.0596. The van der Waals surface area contributed by atoms with Gasteiger partial charge in [0.25, 0.3) is 0 Å². The molecule has 6 nitrogen and oxygen atoms in total. The Morgan fingerprint density at radius 1 is 1.32 bits per heavy atom. The summed E-state index contributed by atoms with van der Waals surface area (Å²) < 4.78 is 31.6. The van der Waals surface area contributed by atoms with Crippen LogP contribution in [-0.4, -0.2) is 27.0 Å². The highest BCUT2D eigenvalue weighted by molar-refractivity contribution is 7.89. The normalized spacial score (nSPS) is 12.2. The molecule has 1 aromatic carbocycles. The molecule has 0 heterocycles. The van der Waals surface area contributed by atoms with Crippen LogP contribution in [0.5, 0.6) is 0 Å². The Balaban J connectivity index is 3.40. The molecule has 0 spiro atoms. The Bertz CT molecular complexity index is 588. The van der Waals surface area contributed by atoms with Gasteiger partial charge in [-0.3, -0.25) is 0 Å². The molecule has 0 aliphatic carbocycles. The summed E-state index contributed by atoms with van der Waals surface area (Å²) in [5, 5.41) is 0. The molecule has 7 heteroatoms. The van der Waals surface area contributed by atoms with Crippen LogP contribution in [0.25, 0.3) is 0 Å². The van der Waals surface area contributed by atoms with E-state index in [-0.39, 0.29) is 16.1 Å². The monoisotopic (exact) mass is 286 g/mol. The van der Waals surface area contributed by atoms with Gasteiger partial charge >= 0.3 is 5.97 Å². The average molecular weight is 286 g/mol. The minimum absolute atomic E-state index is 0.0477. The zero-order chi connectivity index (χ0) is 14.8. The van der Waals surface area contributed by atoms with Crippen LogP contribution in [0.2, 0.25) is 0 Å². The lowest BCUT2D eigenvalue weighted by atomic mass is 10.1. The molecular weight excluding hydrogens is 268 g/mol. The third kappa shape index (κ3) is 3.93. The molecule has 0 atom stereocenters. The molecule has 106 valence electrons. The highest BCUT2D eigenvalue weighted by Gasteiger charge is 2.27. The summed E-state index contributed by atoms with van der Waals surface area (Å²) in [7, 11) is -2.67. The topological polar surface area (TPSA) is 98.5 Å². The highest BCUT2D eigenvalue weighted by Crippen LogP contribution is 2.21. The molecule has 0 saturated carbocycles. The predicted molar refractivity (Wildman–Crippen MR) is 72.3 cm³/mol. The van der Waals surface area contributed by atoms with Gasteiger partial charge in [0, 0.05) is 11.2 Å². The highest BCUT2D eigenvalue weighted by atomic mass is 32.2. The zero-order valence-electron chi connectivity index (χ0n) is 11.4. The Hall–Kier alpha value is -1.60. The van der Waals surface area contributed by atoms with E-state index in [2.05, 4.69) is 9.46 Å². The quantitative estimate of drug-likeness (QED) is 0.641. The number of methoxy groups -OCH3 is 1. The molecule has 0 radical (unpaired) electrons. The number of esters is 1. The van der Waals surface area contributed by atoms with Crippen LogP contribution < -0.4 is 10.5 Å². The van der Waals surface area contributed by atoms with E-state index in [9.17, 15) is 13.2 Å². The van der Waals surface area contributed by atoms with Crippen molar-refractivity contribution in [2.24, 2.45) is 0 Å². The molecule has 1 rings (SSSR count). The molecular formula is C12H18N2O4S. The van der Waals surface area contributed by atoms with E-state index in [0.29, 0.717) is 0 Å². The maximum absolute atomic E-state index is 12.3. The summed E-state index contributed by atoms with van der Waals surface area (Å²) >= 11 is 0. The van der Waals surface area contributed by atoms with Crippen LogP contribution in [-0.2, 0) is 14.8 Å². The van der Waals surface area contributed by atoms with Crippen LogP contribution in [0, 0.1) is 0 Å². The van der Waals surface area contributed by atoms with Crippen molar-refractivity contribution < 1.29 is 17.9 Å². The fourth-order valence-electron chi connectivity index (χ4n) is 1.50. The zero-order valence-corrected chi connectivity index (χ0v) is 12.2. The van der Waals surface area contributed by atoms with Gasteiger partial charge in [-0.1, -0.05) is 0 Å². The lowest BCUT2D eigenvalue weighted by Gasteiger charge is -2.21. The van der Waals surface area contributed by atoms with Crippen LogP contribution in [0.3, 0.4) is 0 Å². The van der Waals surface area contributed by atoms with E-state index in [1.165, 1.54) is 25.3 Å². The number of benzene rings is 1. The second kappa shape index (κ2) is 5.18. The van der Waals surface area contributed by atoms with Gasteiger partial charge in [0.15, 0.2) is 0 Å². The average Bonchev–Trinajstić information content (AvgIpc) is 2.24. The van der Waals surface area contributed by atoms with E-state index in [4.69, 9.17) is 5.73 Å². The fourth-order valence-corrected chi connectivity index (χ4v) is 3.15. The number of hydrogen-bond donors (Lipinski definition) is 2. The van der Waals surface area contributed by atoms with Crippen molar-refractivity contribution in [1.29, 1.82) is 0 Å². The first-order valence-corrected chi connectivity index (χ1v) is 7.07. The number of ether oxygens (including phenoxy) is 1. The van der Waals surface area contributed by atoms with Crippen molar-refractivity contribution in [1.82, 2.24) is 4.72 Å². The van der Waals surface area contributed by atoms with Gasteiger partial charge in [0.1, 0.15) is 0 Å². The number of anilines is 1. The summed E-state index contributed by atoms with van der Waals surface area (Å²) in [6.45, 7) is 5.11. The van der Waals surface area contributed by atoms with Gasteiger partial charge in [-0.25, -0.2) is 17.9 Å². The maximum Gasteiger partial charge on any atom is 0.339 e. The summed E-state index contributed by atoms with van der Waals surface area (Å²) in [6, 6.07) is 4.01. The number of carbonyl (C=O) groups excluding carboxylic acids is 1. The summed E-state index contributed by atoms with van der Waals surface area (Å²) in [4.78, 5) is 11.4. The van der Waals surface area contributed by atoms with E-state index >= 15 is 0 Å². The summed E-state index contributed by atoms with van der Waals surface area (Å²) in [5.74, 6) is -0.728. The van der Waals surface area contributed by atoms with Gasteiger partial charge in [0.05, 0.1) is 17.6 Å². The Morgan fingerprint density at radius 2 is 1.89 bits per heavy atom. The fraction of sp³-hybridized carbons (Fsp3) is 0.417. The Morgan fingerprint density at radius 3 is 2.37 bits per heavy atom. The molecule has 0 aliphatic rings. The van der Waals surface area contributed by atoms with Crippen LogP contribution >= 0.6 is 0 Å². The van der Waals surface area contributed by atoms with Crippen LogP contribution in [0.15, 0.2) is 23.1 Å². The molecule has 0 amide bonds. The van der Waals surface area contributed by atoms with E-state index in [0.717, 1.165) is 0 Å². The van der Waals surface area contributed by atoms with Crippen LogP contribution in [0.1, 0.15) is 31.1 Å². The molecule has 0 saturated heterocycles. The largest absolute Gasteiger partial charge is 0.465 e. The Kier molecular flexibility index (Phi) is 4.21. The van der Waals surface area contributed by atoms with Gasteiger partial charge in [-0.15, -0.1) is 0 Å². The van der Waals surface area contributed by atoms with Crippen molar-refractivity contribution in [3.05, 3.63) is 23.8 Å². The first kappa shape index (κ1) is 15.5. The van der Waals surface area contributed by atoms with Crippen molar-refractivity contribution in [3.63, 3.8) is 0 Å².